The van der Waals surface area contributed by atoms with Crippen molar-refractivity contribution in [1.82, 2.24) is 9.80 Å². The first-order chi connectivity index (χ1) is 26.3. The molecule has 0 aliphatic carbocycles. The lowest BCUT2D eigenvalue weighted by Gasteiger charge is -2.26. The van der Waals surface area contributed by atoms with Crippen molar-refractivity contribution in [2.45, 2.75) is 208 Å². The van der Waals surface area contributed by atoms with Crippen LogP contribution < -0.4 is 0 Å². The molecule has 0 saturated heterocycles. The van der Waals surface area contributed by atoms with Crippen LogP contribution >= 0.6 is 0 Å². The molecule has 0 aromatic carbocycles. The summed E-state index contributed by atoms with van der Waals surface area (Å²) in [5, 5.41) is 0. The molecule has 320 valence electrons. The van der Waals surface area contributed by atoms with Crippen molar-refractivity contribution < 1.29 is 33.3 Å². The second-order valence-corrected chi connectivity index (χ2v) is 15.4. The summed E-state index contributed by atoms with van der Waals surface area (Å²) in [5.74, 6) is 0.230. The van der Waals surface area contributed by atoms with E-state index in [0.717, 1.165) is 90.4 Å². The van der Waals surface area contributed by atoms with E-state index >= 15 is 0 Å². The number of unbranched alkanes of at least 4 members (excludes halogenated alkanes) is 14. The Morgan fingerprint density at radius 3 is 1.44 bits per heavy atom. The molecule has 9 nitrogen and oxygen atoms in total. The Bertz CT molecular complexity index is 844. The van der Waals surface area contributed by atoms with Crippen LogP contribution in [-0.2, 0) is 28.5 Å². The number of likely N-dealkylation sites (N-methyl/N-ethyl adjacent to an activating group) is 1. The number of esters is 2. The van der Waals surface area contributed by atoms with Gasteiger partial charge in [-0.05, 0) is 70.4 Å². The van der Waals surface area contributed by atoms with Crippen molar-refractivity contribution >= 4 is 18.1 Å². The predicted octanol–water partition coefficient (Wildman–Crippen LogP) is 11.7. The van der Waals surface area contributed by atoms with Crippen LogP contribution in [0.15, 0.2) is 0 Å². The number of carbonyl (C=O) groups is 3. The quantitative estimate of drug-likeness (QED) is 0.0343. The molecule has 0 bridgehead atoms. The molecule has 9 heteroatoms. The molecular weight excluding hydrogens is 681 g/mol. The molecule has 0 aromatic heterocycles. The fourth-order valence-corrected chi connectivity index (χ4v) is 6.84. The van der Waals surface area contributed by atoms with E-state index < -0.39 is 6.16 Å². The van der Waals surface area contributed by atoms with Crippen molar-refractivity contribution in [2.24, 2.45) is 5.92 Å². The van der Waals surface area contributed by atoms with Crippen molar-refractivity contribution in [3.05, 3.63) is 0 Å². The topological polar surface area (TPSA) is 94.6 Å². The lowest BCUT2D eigenvalue weighted by molar-refractivity contribution is -0.145. The van der Waals surface area contributed by atoms with Crippen molar-refractivity contribution in [1.29, 1.82) is 0 Å². The molecule has 0 aromatic rings. The Kier molecular flexibility index (Phi) is 38.0. The molecule has 0 spiro atoms. The van der Waals surface area contributed by atoms with Gasteiger partial charge in [0.25, 0.3) is 0 Å². The molecule has 0 aliphatic heterocycles. The molecule has 0 fully saturated rings. The smallest absolute Gasteiger partial charge is 0.465 e. The van der Waals surface area contributed by atoms with E-state index in [9.17, 15) is 14.4 Å². The third kappa shape index (κ3) is 33.5. The van der Waals surface area contributed by atoms with Gasteiger partial charge in [-0.3, -0.25) is 14.5 Å². The minimum Gasteiger partial charge on any atom is -0.465 e. The van der Waals surface area contributed by atoms with Gasteiger partial charge in [-0.25, -0.2) is 4.79 Å². The minimum absolute atomic E-state index is 0.112. The SMILES string of the molecule is CCCCCCCCCC(=O)OCCN(CCOC(=O)OC(CCCCCC)CCCCC(=O)OCC(CCCCC)CCCCC)CCN(CC)CC. The van der Waals surface area contributed by atoms with Gasteiger partial charge in [0.05, 0.1) is 6.61 Å². The highest BCUT2D eigenvalue weighted by atomic mass is 16.7. The summed E-state index contributed by atoms with van der Waals surface area (Å²) >= 11 is 0. The molecule has 0 saturated carbocycles. The summed E-state index contributed by atoms with van der Waals surface area (Å²) in [5.41, 5.74) is 0. The molecule has 0 aliphatic rings. The predicted molar refractivity (Wildman–Crippen MR) is 224 cm³/mol. The van der Waals surface area contributed by atoms with Gasteiger partial charge < -0.3 is 23.8 Å². The normalized spacial score (nSPS) is 12.1. The largest absolute Gasteiger partial charge is 0.508 e. The number of hydrogen-bond acceptors (Lipinski definition) is 9. The van der Waals surface area contributed by atoms with Crippen LogP contribution in [-0.4, -0.2) is 93.1 Å². The summed E-state index contributed by atoms with van der Waals surface area (Å²) in [6, 6.07) is 0. The molecule has 0 heterocycles. The molecule has 0 radical (unpaired) electrons. The zero-order valence-electron chi connectivity index (χ0n) is 36.4. The maximum Gasteiger partial charge on any atom is 0.508 e. The van der Waals surface area contributed by atoms with E-state index in [1.54, 1.807) is 0 Å². The van der Waals surface area contributed by atoms with Gasteiger partial charge in [0.2, 0.25) is 0 Å². The summed E-state index contributed by atoms with van der Waals surface area (Å²) in [7, 11) is 0. The average molecular weight is 769 g/mol. The lowest BCUT2D eigenvalue weighted by Crippen LogP contribution is -2.39. The van der Waals surface area contributed by atoms with Gasteiger partial charge in [0.1, 0.15) is 19.3 Å². The Labute approximate surface area is 333 Å². The number of hydrogen-bond donors (Lipinski definition) is 0. The van der Waals surface area contributed by atoms with E-state index in [4.69, 9.17) is 18.9 Å². The number of nitrogens with zero attached hydrogens (tertiary/aromatic N) is 2. The number of ether oxygens (including phenoxy) is 4. The van der Waals surface area contributed by atoms with Gasteiger partial charge in [0.15, 0.2) is 0 Å². The molecule has 0 N–H and O–H groups in total. The monoisotopic (exact) mass is 769 g/mol. The van der Waals surface area contributed by atoms with Crippen LogP contribution in [0.4, 0.5) is 4.79 Å². The highest BCUT2D eigenvalue weighted by Crippen LogP contribution is 2.20. The second kappa shape index (κ2) is 39.4. The van der Waals surface area contributed by atoms with Gasteiger partial charge >= 0.3 is 18.1 Å². The van der Waals surface area contributed by atoms with E-state index in [0.29, 0.717) is 51.5 Å². The molecule has 0 amide bonds. The van der Waals surface area contributed by atoms with Crippen LogP contribution in [0.3, 0.4) is 0 Å². The standard InChI is InChI=1S/C45H88N2O7/c1-7-13-17-19-20-21-25-32-43(48)51-38-36-47(35-34-46(11-5)12-6)37-39-52-45(50)54-42(30-24-18-14-8-2)31-26-27-33-44(49)53-40-41(28-22-15-9-3)29-23-16-10-4/h41-42H,7-40H2,1-6H3. The minimum atomic E-state index is -0.628. The summed E-state index contributed by atoms with van der Waals surface area (Å²) in [6.45, 7) is 19.1. The Hall–Kier alpha value is -1.87. The summed E-state index contributed by atoms with van der Waals surface area (Å²) in [6.07, 6.45) is 25.3. The molecule has 1 atom stereocenters. The Balaban J connectivity index is 4.78. The number of carbonyl (C=O) groups excluding carboxylic acids is 3. The van der Waals surface area contributed by atoms with Crippen LogP contribution in [0.25, 0.3) is 0 Å². The maximum absolute atomic E-state index is 12.8. The average Bonchev–Trinajstić information content (AvgIpc) is 3.16. The number of rotatable bonds is 40. The first-order valence-corrected chi connectivity index (χ1v) is 22.9. The summed E-state index contributed by atoms with van der Waals surface area (Å²) < 4.78 is 22.7. The zero-order valence-corrected chi connectivity index (χ0v) is 36.4. The van der Waals surface area contributed by atoms with E-state index in [1.165, 1.54) is 77.0 Å². The fraction of sp³-hybridized carbons (Fsp3) is 0.933. The van der Waals surface area contributed by atoms with E-state index in [1.807, 2.05) is 0 Å². The van der Waals surface area contributed by atoms with Crippen molar-refractivity contribution in [3.63, 3.8) is 0 Å². The van der Waals surface area contributed by atoms with Crippen LogP contribution in [0, 0.1) is 5.92 Å². The van der Waals surface area contributed by atoms with E-state index in [2.05, 4.69) is 51.3 Å². The van der Waals surface area contributed by atoms with Gasteiger partial charge in [-0.15, -0.1) is 0 Å². The summed E-state index contributed by atoms with van der Waals surface area (Å²) in [4.78, 5) is 42.3. The van der Waals surface area contributed by atoms with Gasteiger partial charge in [-0.2, -0.15) is 0 Å². The third-order valence-electron chi connectivity index (χ3n) is 10.6. The lowest BCUT2D eigenvalue weighted by atomic mass is 9.96. The fourth-order valence-electron chi connectivity index (χ4n) is 6.84. The Morgan fingerprint density at radius 2 is 0.870 bits per heavy atom. The molecule has 54 heavy (non-hydrogen) atoms. The third-order valence-corrected chi connectivity index (χ3v) is 10.6. The first-order valence-electron chi connectivity index (χ1n) is 22.9. The second-order valence-electron chi connectivity index (χ2n) is 15.4. The van der Waals surface area contributed by atoms with Crippen molar-refractivity contribution in [2.75, 3.05) is 59.1 Å². The van der Waals surface area contributed by atoms with Crippen molar-refractivity contribution in [3.8, 4) is 0 Å². The van der Waals surface area contributed by atoms with Crippen LogP contribution in [0.2, 0.25) is 0 Å². The van der Waals surface area contributed by atoms with Gasteiger partial charge in [-0.1, -0.05) is 138 Å². The first kappa shape index (κ1) is 52.1. The Morgan fingerprint density at radius 1 is 0.444 bits per heavy atom. The van der Waals surface area contributed by atoms with Crippen LogP contribution in [0.1, 0.15) is 202 Å². The molecule has 0 rings (SSSR count). The van der Waals surface area contributed by atoms with Gasteiger partial charge in [0, 0.05) is 39.0 Å². The van der Waals surface area contributed by atoms with E-state index in [-0.39, 0.29) is 24.6 Å². The molecule has 1 unspecified atom stereocenters. The highest BCUT2D eigenvalue weighted by molar-refractivity contribution is 5.69. The zero-order chi connectivity index (χ0) is 39.9. The highest BCUT2D eigenvalue weighted by Gasteiger charge is 2.18. The van der Waals surface area contributed by atoms with Crippen LogP contribution in [0.5, 0.6) is 0 Å². The molecular formula is C45H88N2O7. The maximum atomic E-state index is 12.8.